The van der Waals surface area contributed by atoms with E-state index in [1.165, 1.54) is 0 Å². The molecule has 0 aromatic heterocycles. The minimum Gasteiger partial charge on any atom is -0.506 e. The maximum absolute atomic E-state index is 10.8. The topological polar surface area (TPSA) is 78.4 Å². The summed E-state index contributed by atoms with van der Waals surface area (Å²) in [5.74, 6) is 0.0535. The summed E-state index contributed by atoms with van der Waals surface area (Å²) in [4.78, 5) is 0. The fourth-order valence-electron chi connectivity index (χ4n) is 1.25. The molecule has 0 atom stereocenters. The fraction of sp³-hybridized carbons (Fsp3) is 0.400. The van der Waals surface area contributed by atoms with Gasteiger partial charge in [0.05, 0.1) is 11.3 Å². The molecule has 1 rings (SSSR count). The molecule has 0 spiro atoms. The zero-order valence-corrected chi connectivity index (χ0v) is 11.0. The van der Waals surface area contributed by atoms with Gasteiger partial charge < -0.3 is 10.4 Å². The largest absolute Gasteiger partial charge is 0.506 e. The Morgan fingerprint density at radius 2 is 2.06 bits per heavy atom. The summed E-state index contributed by atoms with van der Waals surface area (Å²) >= 11 is 5.74. The molecule has 0 heterocycles. The highest BCUT2D eigenvalue weighted by atomic mass is 35.5. The van der Waals surface area contributed by atoms with Crippen LogP contribution in [0.25, 0.3) is 0 Å². The fourth-order valence-corrected chi connectivity index (χ4v) is 1.92. The Morgan fingerprint density at radius 3 is 2.71 bits per heavy atom. The van der Waals surface area contributed by atoms with Crippen LogP contribution in [0.2, 0.25) is 5.02 Å². The highest BCUT2D eigenvalue weighted by Crippen LogP contribution is 2.26. The lowest BCUT2D eigenvalue weighted by atomic mass is 10.2. The molecule has 0 saturated carbocycles. The number of para-hydroxylation sites is 1. The molecule has 0 fully saturated rings. The van der Waals surface area contributed by atoms with E-state index in [2.05, 4.69) is 10.0 Å². The van der Waals surface area contributed by atoms with Crippen LogP contribution >= 0.6 is 11.6 Å². The molecule has 1 aromatic rings. The molecule has 0 saturated heterocycles. The van der Waals surface area contributed by atoms with Crippen LogP contribution in [0.15, 0.2) is 18.2 Å². The molecule has 3 N–H and O–H groups in total. The van der Waals surface area contributed by atoms with Gasteiger partial charge in [0.2, 0.25) is 10.0 Å². The second kappa shape index (κ2) is 6.20. The Kier molecular flexibility index (Phi) is 5.20. The number of rotatable bonds is 6. The van der Waals surface area contributed by atoms with Gasteiger partial charge in [-0.1, -0.05) is 23.7 Å². The van der Waals surface area contributed by atoms with Gasteiger partial charge in [-0.25, -0.2) is 13.1 Å². The molecule has 0 unspecified atom stereocenters. The lowest BCUT2D eigenvalue weighted by Gasteiger charge is -2.08. The molecule has 0 aliphatic carbocycles. The quantitative estimate of drug-likeness (QED) is 0.669. The van der Waals surface area contributed by atoms with Gasteiger partial charge in [-0.2, -0.15) is 0 Å². The molecule has 17 heavy (non-hydrogen) atoms. The third kappa shape index (κ3) is 5.36. The average molecular weight is 279 g/mol. The number of hydrogen-bond acceptors (Lipinski definition) is 4. The van der Waals surface area contributed by atoms with Gasteiger partial charge in [-0.15, -0.1) is 0 Å². The predicted octanol–water partition coefficient (Wildman–Crippen LogP) is 0.684. The summed E-state index contributed by atoms with van der Waals surface area (Å²) in [6, 6.07) is 5.09. The second-order valence-electron chi connectivity index (χ2n) is 3.59. The third-order valence-electron chi connectivity index (χ3n) is 2.05. The van der Waals surface area contributed by atoms with E-state index < -0.39 is 10.0 Å². The first-order valence-electron chi connectivity index (χ1n) is 5.02. The van der Waals surface area contributed by atoms with Crippen LogP contribution in [0, 0.1) is 0 Å². The van der Waals surface area contributed by atoms with Crippen LogP contribution in [0.1, 0.15) is 5.56 Å². The average Bonchev–Trinajstić information content (AvgIpc) is 2.22. The standard InChI is InChI=1S/C10H15ClN2O3S/c1-17(15,16)13-6-5-12-7-8-3-2-4-9(11)10(8)14/h2-4,12-14H,5-7H2,1H3. The highest BCUT2D eigenvalue weighted by molar-refractivity contribution is 7.88. The van der Waals surface area contributed by atoms with Crippen LogP contribution in [0.4, 0.5) is 0 Å². The van der Waals surface area contributed by atoms with E-state index in [0.717, 1.165) is 6.26 Å². The summed E-state index contributed by atoms with van der Waals surface area (Å²) in [7, 11) is -3.14. The van der Waals surface area contributed by atoms with Gasteiger partial charge in [0.25, 0.3) is 0 Å². The van der Waals surface area contributed by atoms with E-state index in [-0.39, 0.29) is 5.75 Å². The molecule has 0 radical (unpaired) electrons. The van der Waals surface area contributed by atoms with Gasteiger partial charge >= 0.3 is 0 Å². The summed E-state index contributed by atoms with van der Waals surface area (Å²) in [6.45, 7) is 1.21. The molecule has 0 amide bonds. The third-order valence-corrected chi connectivity index (χ3v) is 3.09. The monoisotopic (exact) mass is 278 g/mol. The first kappa shape index (κ1) is 14.2. The first-order valence-corrected chi connectivity index (χ1v) is 7.29. The van der Waals surface area contributed by atoms with Crippen molar-refractivity contribution in [3.05, 3.63) is 28.8 Å². The van der Waals surface area contributed by atoms with E-state index in [9.17, 15) is 13.5 Å². The number of hydrogen-bond donors (Lipinski definition) is 3. The molecule has 0 aliphatic rings. The van der Waals surface area contributed by atoms with Crippen LogP contribution in [0.5, 0.6) is 5.75 Å². The van der Waals surface area contributed by atoms with Crippen LogP contribution in [-0.4, -0.2) is 32.9 Å². The van der Waals surface area contributed by atoms with Gasteiger partial charge in [0, 0.05) is 25.2 Å². The van der Waals surface area contributed by atoms with Crippen molar-refractivity contribution in [2.45, 2.75) is 6.54 Å². The number of phenols is 1. The minimum absolute atomic E-state index is 0.0535. The Hall–Kier alpha value is -0.820. The summed E-state index contributed by atoms with van der Waals surface area (Å²) in [6.07, 6.45) is 1.11. The number of benzene rings is 1. The molecule has 0 aliphatic heterocycles. The van der Waals surface area contributed by atoms with Crippen molar-refractivity contribution in [2.75, 3.05) is 19.3 Å². The van der Waals surface area contributed by atoms with E-state index in [0.29, 0.717) is 30.2 Å². The maximum atomic E-state index is 10.8. The lowest BCUT2D eigenvalue weighted by Crippen LogP contribution is -2.30. The van der Waals surface area contributed by atoms with Crippen LogP contribution < -0.4 is 10.0 Å². The zero-order chi connectivity index (χ0) is 12.9. The maximum Gasteiger partial charge on any atom is 0.208 e. The normalized spacial score (nSPS) is 11.6. The number of halogens is 1. The molecule has 0 bridgehead atoms. The molecule has 96 valence electrons. The highest BCUT2D eigenvalue weighted by Gasteiger charge is 2.04. The van der Waals surface area contributed by atoms with Gasteiger partial charge in [-0.05, 0) is 6.07 Å². The van der Waals surface area contributed by atoms with Crippen molar-refractivity contribution in [3.63, 3.8) is 0 Å². The van der Waals surface area contributed by atoms with Crippen molar-refractivity contribution in [1.29, 1.82) is 0 Å². The molecule has 5 nitrogen and oxygen atoms in total. The van der Waals surface area contributed by atoms with Crippen LogP contribution in [0.3, 0.4) is 0 Å². The predicted molar refractivity (Wildman–Crippen MR) is 67.7 cm³/mol. The molecular weight excluding hydrogens is 264 g/mol. The van der Waals surface area contributed by atoms with Crippen molar-refractivity contribution < 1.29 is 13.5 Å². The minimum atomic E-state index is -3.14. The van der Waals surface area contributed by atoms with Gasteiger partial charge in [0.1, 0.15) is 5.75 Å². The molecular formula is C10H15ClN2O3S. The Morgan fingerprint density at radius 1 is 1.35 bits per heavy atom. The first-order chi connectivity index (χ1) is 7.90. The number of phenolic OH excluding ortho intramolecular Hbond substituents is 1. The Bertz CT molecular complexity index is 476. The summed E-state index contributed by atoms with van der Waals surface area (Å²) in [5, 5.41) is 12.9. The smallest absolute Gasteiger partial charge is 0.208 e. The Balaban J connectivity index is 2.34. The number of sulfonamides is 1. The Labute approximate surface area is 106 Å². The lowest BCUT2D eigenvalue weighted by molar-refractivity contribution is 0.464. The van der Waals surface area contributed by atoms with Crippen molar-refractivity contribution in [3.8, 4) is 5.75 Å². The van der Waals surface area contributed by atoms with Gasteiger partial charge in [-0.3, -0.25) is 0 Å². The second-order valence-corrected chi connectivity index (χ2v) is 5.83. The van der Waals surface area contributed by atoms with E-state index in [1.807, 2.05) is 0 Å². The van der Waals surface area contributed by atoms with E-state index >= 15 is 0 Å². The van der Waals surface area contributed by atoms with Crippen molar-refractivity contribution >= 4 is 21.6 Å². The SMILES string of the molecule is CS(=O)(=O)NCCNCc1cccc(Cl)c1O. The summed E-state index contributed by atoms with van der Waals surface area (Å²) < 4.78 is 23.9. The van der Waals surface area contributed by atoms with Gasteiger partial charge in [0.15, 0.2) is 0 Å². The van der Waals surface area contributed by atoms with E-state index in [1.54, 1.807) is 18.2 Å². The van der Waals surface area contributed by atoms with E-state index in [4.69, 9.17) is 11.6 Å². The number of aromatic hydroxyl groups is 1. The van der Waals surface area contributed by atoms with Crippen molar-refractivity contribution in [2.24, 2.45) is 0 Å². The summed E-state index contributed by atoms with van der Waals surface area (Å²) in [5.41, 5.74) is 0.678. The molecule has 7 heteroatoms. The zero-order valence-electron chi connectivity index (χ0n) is 9.40. The number of nitrogens with one attached hydrogen (secondary N) is 2. The van der Waals surface area contributed by atoms with Crippen molar-refractivity contribution in [1.82, 2.24) is 10.0 Å². The van der Waals surface area contributed by atoms with Crippen LogP contribution in [-0.2, 0) is 16.6 Å². The molecule has 1 aromatic carbocycles.